The first-order valence-electron chi connectivity index (χ1n) is 5.76. The Hall–Kier alpha value is -1.60. The van der Waals surface area contributed by atoms with Crippen LogP contribution in [0.1, 0.15) is 17.4 Å². The van der Waals surface area contributed by atoms with E-state index in [0.717, 1.165) is 10.0 Å². The van der Waals surface area contributed by atoms with Crippen molar-refractivity contribution in [1.82, 2.24) is 4.98 Å². The number of aromatic carboxylic acids is 1. The van der Waals surface area contributed by atoms with E-state index in [1.54, 1.807) is 13.2 Å². The molecule has 0 fully saturated rings. The van der Waals surface area contributed by atoms with Crippen LogP contribution in [0.5, 0.6) is 11.5 Å². The minimum Gasteiger partial charge on any atom is -0.493 e. The van der Waals surface area contributed by atoms with Crippen molar-refractivity contribution >= 4 is 33.2 Å². The molecule has 0 aliphatic rings. The number of aromatic nitrogens is 1. The number of thiazole rings is 1. The Morgan fingerprint density at radius 1 is 1.50 bits per heavy atom. The van der Waals surface area contributed by atoms with Gasteiger partial charge < -0.3 is 14.6 Å². The number of ether oxygens (including phenoxy) is 2. The van der Waals surface area contributed by atoms with Gasteiger partial charge in [-0.05, 0) is 35.0 Å². The van der Waals surface area contributed by atoms with Gasteiger partial charge in [0.1, 0.15) is 5.01 Å². The third-order valence-electron chi connectivity index (χ3n) is 2.49. The van der Waals surface area contributed by atoms with Crippen LogP contribution in [0.4, 0.5) is 0 Å². The lowest BCUT2D eigenvalue weighted by Gasteiger charge is -2.12. The van der Waals surface area contributed by atoms with Gasteiger partial charge in [0.25, 0.3) is 0 Å². The molecule has 1 aromatic carbocycles. The topological polar surface area (TPSA) is 68.7 Å². The molecule has 0 saturated carbocycles. The number of carbonyl (C=O) groups is 1. The summed E-state index contributed by atoms with van der Waals surface area (Å²) in [5.41, 5.74) is 0.809. The van der Waals surface area contributed by atoms with Gasteiger partial charge in [-0.1, -0.05) is 0 Å². The van der Waals surface area contributed by atoms with Gasteiger partial charge in [0, 0.05) is 10.9 Å². The number of benzene rings is 1. The molecule has 0 saturated heterocycles. The van der Waals surface area contributed by atoms with Gasteiger partial charge in [0.15, 0.2) is 17.2 Å². The summed E-state index contributed by atoms with van der Waals surface area (Å²) in [6, 6.07) is 3.61. The van der Waals surface area contributed by atoms with Crippen LogP contribution in [0.25, 0.3) is 10.6 Å². The van der Waals surface area contributed by atoms with Gasteiger partial charge in [0.05, 0.1) is 18.2 Å². The number of nitrogens with zero attached hydrogens (tertiary/aromatic N) is 1. The van der Waals surface area contributed by atoms with E-state index in [4.69, 9.17) is 14.6 Å². The summed E-state index contributed by atoms with van der Waals surface area (Å²) in [5, 5.41) is 11.0. The Balaban J connectivity index is 2.46. The maximum atomic E-state index is 10.9. The summed E-state index contributed by atoms with van der Waals surface area (Å²) >= 11 is 4.70. The van der Waals surface area contributed by atoms with Crippen LogP contribution >= 0.6 is 27.3 Å². The zero-order valence-corrected chi connectivity index (χ0v) is 13.2. The number of hydrogen-bond acceptors (Lipinski definition) is 5. The van der Waals surface area contributed by atoms with Gasteiger partial charge in [-0.2, -0.15) is 0 Å². The second kappa shape index (κ2) is 6.23. The van der Waals surface area contributed by atoms with Crippen LogP contribution in [-0.2, 0) is 0 Å². The first-order valence-corrected chi connectivity index (χ1v) is 7.43. The number of halogens is 1. The molecule has 5 nitrogen and oxygen atoms in total. The lowest BCUT2D eigenvalue weighted by atomic mass is 10.2. The summed E-state index contributed by atoms with van der Waals surface area (Å²) in [6.45, 7) is 2.41. The summed E-state index contributed by atoms with van der Waals surface area (Å²) in [4.78, 5) is 14.9. The van der Waals surface area contributed by atoms with Crippen molar-refractivity contribution in [3.63, 3.8) is 0 Å². The third-order valence-corrected chi connectivity index (χ3v) is 3.97. The number of carboxylic acid groups (broad SMARTS) is 1. The average molecular weight is 358 g/mol. The Kier molecular flexibility index (Phi) is 4.61. The van der Waals surface area contributed by atoms with Crippen LogP contribution in [-0.4, -0.2) is 29.8 Å². The highest BCUT2D eigenvalue weighted by Crippen LogP contribution is 2.40. The number of methoxy groups -OCH3 is 1. The highest BCUT2D eigenvalue weighted by Gasteiger charge is 2.15. The van der Waals surface area contributed by atoms with Crippen molar-refractivity contribution in [3.8, 4) is 22.1 Å². The van der Waals surface area contributed by atoms with Crippen molar-refractivity contribution < 1.29 is 19.4 Å². The molecule has 0 radical (unpaired) electrons. The van der Waals surface area contributed by atoms with Crippen molar-refractivity contribution in [2.24, 2.45) is 0 Å². The molecule has 0 atom stereocenters. The zero-order valence-electron chi connectivity index (χ0n) is 10.8. The molecular weight excluding hydrogens is 346 g/mol. The maximum absolute atomic E-state index is 10.9. The fourth-order valence-corrected chi connectivity index (χ4v) is 2.97. The maximum Gasteiger partial charge on any atom is 0.355 e. The number of carboxylic acids is 1. The molecule has 1 N–H and O–H groups in total. The average Bonchev–Trinajstić information content (AvgIpc) is 2.90. The van der Waals surface area contributed by atoms with Crippen LogP contribution in [0.2, 0.25) is 0 Å². The van der Waals surface area contributed by atoms with Gasteiger partial charge >= 0.3 is 5.97 Å². The summed E-state index contributed by atoms with van der Waals surface area (Å²) in [7, 11) is 1.55. The van der Waals surface area contributed by atoms with E-state index in [1.165, 1.54) is 16.7 Å². The first kappa shape index (κ1) is 14.8. The molecule has 0 bridgehead atoms. The van der Waals surface area contributed by atoms with Gasteiger partial charge in [-0.3, -0.25) is 0 Å². The van der Waals surface area contributed by atoms with E-state index in [9.17, 15) is 4.79 Å². The highest BCUT2D eigenvalue weighted by atomic mass is 79.9. The monoisotopic (exact) mass is 357 g/mol. The predicted molar refractivity (Wildman–Crippen MR) is 79.9 cm³/mol. The minimum atomic E-state index is -1.04. The van der Waals surface area contributed by atoms with Gasteiger partial charge in [0.2, 0.25) is 0 Å². The van der Waals surface area contributed by atoms with E-state index in [2.05, 4.69) is 20.9 Å². The van der Waals surface area contributed by atoms with E-state index in [1.807, 2.05) is 13.0 Å². The predicted octanol–water partition coefficient (Wildman–Crippen LogP) is 3.68. The lowest BCUT2D eigenvalue weighted by molar-refractivity contribution is 0.0691. The van der Waals surface area contributed by atoms with E-state index in [0.29, 0.717) is 23.1 Å². The molecule has 1 heterocycles. The standard InChI is InChI=1S/C13H12BrNO4S/c1-3-19-11-8(14)4-7(5-10(11)18-2)12-15-9(6-20-12)13(16)17/h4-6H,3H2,1-2H3,(H,16,17). The molecule has 20 heavy (non-hydrogen) atoms. The van der Waals surface area contributed by atoms with Gasteiger partial charge in [-0.25, -0.2) is 9.78 Å². The van der Waals surface area contributed by atoms with Crippen LogP contribution in [0.3, 0.4) is 0 Å². The normalized spacial score (nSPS) is 10.3. The molecule has 0 spiro atoms. The summed E-state index contributed by atoms with van der Waals surface area (Å²) < 4.78 is 11.5. The fourth-order valence-electron chi connectivity index (χ4n) is 1.63. The summed E-state index contributed by atoms with van der Waals surface area (Å²) in [6.07, 6.45) is 0. The fraction of sp³-hybridized carbons (Fsp3) is 0.231. The Morgan fingerprint density at radius 3 is 2.80 bits per heavy atom. The molecule has 2 aromatic rings. The minimum absolute atomic E-state index is 0.0361. The van der Waals surface area contributed by atoms with Gasteiger partial charge in [-0.15, -0.1) is 11.3 Å². The van der Waals surface area contributed by atoms with E-state index in [-0.39, 0.29) is 5.69 Å². The van der Waals surface area contributed by atoms with Crippen molar-refractivity contribution in [2.75, 3.05) is 13.7 Å². The lowest BCUT2D eigenvalue weighted by Crippen LogP contribution is -1.97. The van der Waals surface area contributed by atoms with Crippen LogP contribution < -0.4 is 9.47 Å². The Labute approximate surface area is 128 Å². The van der Waals surface area contributed by atoms with Crippen molar-refractivity contribution in [2.45, 2.75) is 6.92 Å². The molecule has 0 aliphatic carbocycles. The zero-order chi connectivity index (χ0) is 14.7. The molecule has 0 unspecified atom stereocenters. The quantitative estimate of drug-likeness (QED) is 0.883. The highest BCUT2D eigenvalue weighted by molar-refractivity contribution is 9.10. The third kappa shape index (κ3) is 2.94. The molecule has 2 rings (SSSR count). The summed E-state index contributed by atoms with van der Waals surface area (Å²) in [5.74, 6) is 0.154. The molecular formula is C13H12BrNO4S. The Bertz CT molecular complexity index is 641. The largest absolute Gasteiger partial charge is 0.493 e. The van der Waals surface area contributed by atoms with E-state index < -0.39 is 5.97 Å². The second-order valence-electron chi connectivity index (χ2n) is 3.77. The van der Waals surface area contributed by atoms with E-state index >= 15 is 0 Å². The second-order valence-corrected chi connectivity index (χ2v) is 5.48. The number of hydrogen-bond donors (Lipinski definition) is 1. The van der Waals surface area contributed by atoms with Crippen molar-refractivity contribution in [1.29, 1.82) is 0 Å². The first-order chi connectivity index (χ1) is 9.56. The smallest absolute Gasteiger partial charge is 0.355 e. The molecule has 1 aromatic heterocycles. The Morgan fingerprint density at radius 2 is 2.25 bits per heavy atom. The SMILES string of the molecule is CCOc1c(Br)cc(-c2nc(C(=O)O)cs2)cc1OC. The molecule has 0 aliphatic heterocycles. The van der Waals surface area contributed by atoms with Crippen LogP contribution in [0, 0.1) is 0 Å². The molecule has 0 amide bonds. The molecule has 7 heteroatoms. The number of rotatable bonds is 5. The van der Waals surface area contributed by atoms with Crippen LogP contribution in [0.15, 0.2) is 22.0 Å². The molecule has 106 valence electrons. The van der Waals surface area contributed by atoms with Crippen molar-refractivity contribution in [3.05, 3.63) is 27.7 Å².